The van der Waals surface area contributed by atoms with E-state index in [-0.39, 0.29) is 29.4 Å². The van der Waals surface area contributed by atoms with Crippen LogP contribution in [0.3, 0.4) is 0 Å². The number of piperidine rings is 1. The summed E-state index contributed by atoms with van der Waals surface area (Å²) in [5, 5.41) is 11.8. The second-order valence-corrected chi connectivity index (χ2v) is 10.4. The molecule has 1 N–H and O–H groups in total. The third-order valence-corrected chi connectivity index (χ3v) is 7.61. The molecule has 2 aromatic rings. The zero-order valence-electron chi connectivity index (χ0n) is 22.7. The summed E-state index contributed by atoms with van der Waals surface area (Å²) in [4.78, 5) is 37.5. The van der Waals surface area contributed by atoms with Crippen molar-refractivity contribution in [3.05, 3.63) is 47.3 Å². The Kier molecular flexibility index (Phi) is 9.12. The molecule has 12 heteroatoms. The highest BCUT2D eigenvalue weighted by atomic mass is 19.4. The van der Waals surface area contributed by atoms with Gasteiger partial charge in [-0.2, -0.15) is 18.4 Å². The average Bonchev–Trinajstić information content (AvgIpc) is 3.43. The molecule has 214 valence electrons. The van der Waals surface area contributed by atoms with Crippen molar-refractivity contribution in [1.82, 2.24) is 20.2 Å². The largest absolute Gasteiger partial charge is 0.451 e. The summed E-state index contributed by atoms with van der Waals surface area (Å²) in [6.45, 7) is 3.94. The van der Waals surface area contributed by atoms with Gasteiger partial charge in [-0.05, 0) is 55.7 Å². The first kappa shape index (κ1) is 29.1. The number of benzene rings is 1. The van der Waals surface area contributed by atoms with E-state index in [1.54, 1.807) is 35.0 Å². The van der Waals surface area contributed by atoms with Gasteiger partial charge in [0.2, 0.25) is 17.6 Å². The van der Waals surface area contributed by atoms with Gasteiger partial charge < -0.3 is 20.0 Å². The van der Waals surface area contributed by atoms with Crippen molar-refractivity contribution in [1.29, 1.82) is 5.26 Å². The van der Waals surface area contributed by atoms with Gasteiger partial charge in [0.05, 0.1) is 11.6 Å². The van der Waals surface area contributed by atoms with Gasteiger partial charge >= 0.3 is 6.18 Å². The van der Waals surface area contributed by atoms with E-state index >= 15 is 0 Å². The molecule has 2 fully saturated rings. The Hall–Kier alpha value is -3.88. The summed E-state index contributed by atoms with van der Waals surface area (Å²) in [5.41, 5.74) is 1.52. The number of alkyl halides is 3. The third kappa shape index (κ3) is 7.20. The monoisotopic (exact) mass is 557 g/mol. The summed E-state index contributed by atoms with van der Waals surface area (Å²) in [7, 11) is 1.75. The second-order valence-electron chi connectivity index (χ2n) is 10.4. The number of hydrogen-bond acceptors (Lipinski definition) is 7. The quantitative estimate of drug-likeness (QED) is 0.531. The maximum atomic E-state index is 13.8. The van der Waals surface area contributed by atoms with Crippen LogP contribution in [0.5, 0.6) is 0 Å². The van der Waals surface area contributed by atoms with Crippen LogP contribution >= 0.6 is 0 Å². The van der Waals surface area contributed by atoms with Crippen LogP contribution in [0, 0.1) is 17.2 Å². The molecular weight excluding hydrogens is 523 g/mol. The lowest BCUT2D eigenvalue weighted by molar-refractivity contribution is -0.144. The molecule has 0 saturated carbocycles. The first-order chi connectivity index (χ1) is 19.0. The fraction of sp³-hybridized carbons (Fsp3) is 0.536. The van der Waals surface area contributed by atoms with Crippen molar-refractivity contribution in [3.8, 4) is 6.07 Å². The Morgan fingerprint density at radius 2 is 1.77 bits per heavy atom. The lowest BCUT2D eigenvalue weighted by Crippen LogP contribution is -2.44. The Bertz CT molecular complexity index is 1240. The highest BCUT2D eigenvalue weighted by molar-refractivity contribution is 5.85. The maximum Gasteiger partial charge on any atom is 0.451 e. The number of halogens is 3. The lowest BCUT2D eigenvalue weighted by Gasteiger charge is -2.35. The number of nitrogens with one attached hydrogen (secondary N) is 1. The predicted molar refractivity (Wildman–Crippen MR) is 144 cm³/mol. The number of aromatic nitrogens is 2. The number of amides is 2. The number of carbonyl (C=O) groups is 2. The summed E-state index contributed by atoms with van der Waals surface area (Å²) in [6, 6.07) is 10.1. The zero-order chi connectivity index (χ0) is 28.9. The van der Waals surface area contributed by atoms with Crippen LogP contribution < -0.4 is 15.1 Å². The molecule has 2 amide bonds. The zero-order valence-corrected chi connectivity index (χ0v) is 22.7. The molecule has 1 unspecified atom stereocenters. The molecule has 9 nitrogen and oxygen atoms in total. The second kappa shape index (κ2) is 12.5. The molecule has 0 spiro atoms. The Morgan fingerprint density at radius 3 is 2.40 bits per heavy atom. The van der Waals surface area contributed by atoms with Crippen molar-refractivity contribution in [2.45, 2.75) is 51.2 Å². The highest BCUT2D eigenvalue weighted by Gasteiger charge is 2.39. The van der Waals surface area contributed by atoms with E-state index in [0.29, 0.717) is 57.5 Å². The van der Waals surface area contributed by atoms with Crippen molar-refractivity contribution in [3.63, 3.8) is 0 Å². The van der Waals surface area contributed by atoms with Gasteiger partial charge in [0.1, 0.15) is 17.7 Å². The number of carbonyl (C=O) groups excluding carboxylic acids is 2. The third-order valence-electron chi connectivity index (χ3n) is 7.61. The van der Waals surface area contributed by atoms with Crippen LogP contribution in [0.2, 0.25) is 0 Å². The van der Waals surface area contributed by atoms with E-state index in [4.69, 9.17) is 5.26 Å². The van der Waals surface area contributed by atoms with E-state index in [9.17, 15) is 22.8 Å². The van der Waals surface area contributed by atoms with Gasteiger partial charge in [-0.3, -0.25) is 9.59 Å². The lowest BCUT2D eigenvalue weighted by atomic mass is 9.96. The van der Waals surface area contributed by atoms with Crippen molar-refractivity contribution >= 4 is 23.5 Å². The average molecular weight is 558 g/mol. The first-order valence-corrected chi connectivity index (χ1v) is 13.5. The smallest absolute Gasteiger partial charge is 0.356 e. The van der Waals surface area contributed by atoms with Crippen LogP contribution in [0.4, 0.5) is 24.8 Å². The van der Waals surface area contributed by atoms with E-state index in [2.05, 4.69) is 21.4 Å². The summed E-state index contributed by atoms with van der Waals surface area (Å²) < 4.78 is 41.5. The van der Waals surface area contributed by atoms with Gasteiger partial charge in [-0.1, -0.05) is 12.1 Å². The predicted octanol–water partition coefficient (Wildman–Crippen LogP) is 3.39. The van der Waals surface area contributed by atoms with E-state index in [1.807, 2.05) is 17.0 Å². The summed E-state index contributed by atoms with van der Waals surface area (Å²) in [5.74, 6) is -0.927. The fourth-order valence-corrected chi connectivity index (χ4v) is 5.23. The molecule has 40 heavy (non-hydrogen) atoms. The van der Waals surface area contributed by atoms with Crippen molar-refractivity contribution in [2.24, 2.45) is 5.92 Å². The Balaban J connectivity index is 1.44. The van der Waals surface area contributed by atoms with E-state index in [0.717, 1.165) is 18.4 Å². The minimum atomic E-state index is -4.73. The first-order valence-electron chi connectivity index (χ1n) is 13.5. The molecule has 4 rings (SSSR count). The number of anilines is 2. The minimum Gasteiger partial charge on any atom is -0.356 e. The van der Waals surface area contributed by atoms with Crippen molar-refractivity contribution < 1.29 is 22.8 Å². The molecule has 1 aromatic heterocycles. The molecule has 2 saturated heterocycles. The topological polar surface area (TPSA) is 105 Å². The van der Waals surface area contributed by atoms with Gasteiger partial charge in [-0.15, -0.1) is 0 Å². The minimum absolute atomic E-state index is 0.0175. The fourth-order valence-electron chi connectivity index (χ4n) is 5.23. The van der Waals surface area contributed by atoms with Gasteiger partial charge in [0, 0.05) is 52.8 Å². The highest BCUT2D eigenvalue weighted by Crippen LogP contribution is 2.34. The number of rotatable bonds is 8. The molecule has 2 aliphatic heterocycles. The van der Waals surface area contributed by atoms with Crippen LogP contribution in [-0.4, -0.2) is 72.5 Å². The van der Waals surface area contributed by atoms with Crippen molar-refractivity contribution in [2.75, 3.05) is 49.6 Å². The molecule has 3 heterocycles. The van der Waals surface area contributed by atoms with Gasteiger partial charge in [0.25, 0.3) is 0 Å². The molecule has 0 radical (unpaired) electrons. The van der Waals surface area contributed by atoms with E-state index < -0.39 is 18.0 Å². The number of hydrogen-bond donors (Lipinski definition) is 1. The van der Waals surface area contributed by atoms with E-state index in [1.165, 1.54) is 6.92 Å². The summed E-state index contributed by atoms with van der Waals surface area (Å²) in [6.07, 6.45) is -1.54. The normalized spacial score (nSPS) is 17.9. The Labute approximate surface area is 232 Å². The summed E-state index contributed by atoms with van der Waals surface area (Å²) >= 11 is 0. The molecular formula is C28H34F3N7O2. The molecule has 1 atom stereocenters. The van der Waals surface area contributed by atoms with Crippen LogP contribution in [0.25, 0.3) is 0 Å². The van der Waals surface area contributed by atoms with Crippen LogP contribution in [-0.2, 0) is 22.2 Å². The van der Waals surface area contributed by atoms with Crippen LogP contribution in [0.15, 0.2) is 30.3 Å². The molecule has 0 aliphatic carbocycles. The molecule has 0 bridgehead atoms. The van der Waals surface area contributed by atoms with Gasteiger partial charge in [0.15, 0.2) is 0 Å². The standard InChI is InChI=1S/C28H34F3N7O2/c1-19(39)36(2)18-22-10-14-37(15-11-22)24-16-25(35-27(34-24)28(29,30)31)38-13-3-4-23(38)26(40)33-12-9-20-5-7-21(17-32)8-6-20/h5-8,16,22-23H,3-4,9-15,18H2,1-2H3,(H,33,40). The Morgan fingerprint density at radius 1 is 1.10 bits per heavy atom. The number of nitriles is 1. The molecule has 1 aromatic carbocycles. The number of nitrogens with zero attached hydrogens (tertiary/aromatic N) is 6. The SMILES string of the molecule is CC(=O)N(C)CC1CCN(c2cc(N3CCCC3C(=O)NCCc3ccc(C#N)cc3)nc(C(F)(F)F)n2)CC1. The van der Waals surface area contributed by atoms with Crippen LogP contribution in [0.1, 0.15) is 49.6 Å². The molecule has 2 aliphatic rings. The maximum absolute atomic E-state index is 13.8. The van der Waals surface area contributed by atoms with Gasteiger partial charge in [-0.25, -0.2) is 9.97 Å².